The molecule has 1 aliphatic heterocycles. The highest BCUT2D eigenvalue weighted by Crippen LogP contribution is 2.39. The number of methoxy groups -OCH3 is 3. The maximum Gasteiger partial charge on any atom is 0.254 e. The molecule has 32 heavy (non-hydrogen) atoms. The maximum absolute atomic E-state index is 13.4. The average Bonchev–Trinajstić information content (AvgIpc) is 2.86. The number of carbonyl (C=O) groups is 1. The van der Waals surface area contributed by atoms with Crippen molar-refractivity contribution in [3.8, 4) is 23.0 Å². The summed E-state index contributed by atoms with van der Waals surface area (Å²) >= 11 is 0. The lowest BCUT2D eigenvalue weighted by Crippen LogP contribution is -2.42. The van der Waals surface area contributed by atoms with Gasteiger partial charge < -0.3 is 23.8 Å². The van der Waals surface area contributed by atoms with E-state index in [4.69, 9.17) is 18.9 Å². The number of hydrogen-bond donors (Lipinski definition) is 0. The Labute approximate surface area is 188 Å². The van der Waals surface area contributed by atoms with E-state index in [-0.39, 0.29) is 18.6 Å². The minimum absolute atomic E-state index is 0.0281. The van der Waals surface area contributed by atoms with Crippen molar-refractivity contribution in [1.29, 1.82) is 0 Å². The smallest absolute Gasteiger partial charge is 0.254 e. The van der Waals surface area contributed by atoms with Gasteiger partial charge in [0.1, 0.15) is 6.61 Å². The summed E-state index contributed by atoms with van der Waals surface area (Å²) < 4.78 is 22.6. The highest BCUT2D eigenvalue weighted by atomic mass is 16.5. The van der Waals surface area contributed by atoms with Gasteiger partial charge in [-0.15, -0.1) is 0 Å². The topological polar surface area (TPSA) is 57.2 Å². The first-order chi connectivity index (χ1) is 15.7. The number of hydrogen-bond acceptors (Lipinski definition) is 5. The number of rotatable bonds is 7. The van der Waals surface area contributed by atoms with Gasteiger partial charge in [-0.3, -0.25) is 4.79 Å². The molecule has 1 heterocycles. The molecule has 3 aromatic carbocycles. The summed E-state index contributed by atoms with van der Waals surface area (Å²) in [5, 5.41) is 0. The zero-order valence-electron chi connectivity index (χ0n) is 18.5. The van der Waals surface area contributed by atoms with E-state index in [9.17, 15) is 4.79 Å². The van der Waals surface area contributed by atoms with Gasteiger partial charge in [-0.05, 0) is 53.9 Å². The Kier molecular flexibility index (Phi) is 6.50. The number of ether oxygens (including phenoxy) is 4. The summed E-state index contributed by atoms with van der Waals surface area (Å²) in [6, 6.07) is 20.5. The predicted octanol–water partition coefficient (Wildman–Crippen LogP) is 4.53. The minimum atomic E-state index is -0.295. The van der Waals surface area contributed by atoms with Crippen LogP contribution < -0.4 is 18.9 Å². The Morgan fingerprint density at radius 3 is 2.16 bits per heavy atom. The molecule has 0 saturated heterocycles. The van der Waals surface area contributed by atoms with E-state index in [1.54, 1.807) is 21.3 Å². The van der Waals surface area contributed by atoms with Gasteiger partial charge in [-0.1, -0.05) is 30.3 Å². The van der Waals surface area contributed by atoms with Crippen LogP contribution in [0.2, 0.25) is 0 Å². The second kappa shape index (κ2) is 9.64. The van der Waals surface area contributed by atoms with E-state index in [1.807, 2.05) is 71.6 Å². The monoisotopic (exact) mass is 433 g/mol. The third-order valence-corrected chi connectivity index (χ3v) is 5.75. The van der Waals surface area contributed by atoms with Crippen LogP contribution in [0.4, 0.5) is 0 Å². The molecule has 0 bridgehead atoms. The van der Waals surface area contributed by atoms with Gasteiger partial charge in [-0.2, -0.15) is 0 Å². The number of para-hydroxylation sites is 2. The molecule has 0 saturated carbocycles. The first-order valence-electron chi connectivity index (χ1n) is 10.5. The van der Waals surface area contributed by atoms with Crippen molar-refractivity contribution in [2.24, 2.45) is 0 Å². The standard InChI is InChI=1S/C26H27NO5/c1-29-22-11-7-8-12-23(22)32-17-21-20-16-25(31-3)24(30-2)15-19(20)13-14-27(21)26(28)18-9-5-4-6-10-18/h4-12,15-16,21H,13-14,17H2,1-3H3/t21-/m1/s1. The van der Waals surface area contributed by atoms with Gasteiger partial charge in [0.15, 0.2) is 23.0 Å². The number of fused-ring (bicyclic) bond motifs is 1. The number of amides is 1. The van der Waals surface area contributed by atoms with E-state index in [0.717, 1.165) is 17.5 Å². The first-order valence-corrected chi connectivity index (χ1v) is 10.5. The first kappa shape index (κ1) is 21.6. The molecule has 0 radical (unpaired) electrons. The summed E-state index contributed by atoms with van der Waals surface area (Å²) in [4.78, 5) is 15.3. The van der Waals surface area contributed by atoms with Crippen molar-refractivity contribution in [3.63, 3.8) is 0 Å². The van der Waals surface area contributed by atoms with E-state index in [0.29, 0.717) is 35.1 Å². The zero-order chi connectivity index (χ0) is 22.5. The average molecular weight is 434 g/mol. The molecule has 166 valence electrons. The van der Waals surface area contributed by atoms with Gasteiger partial charge in [0.25, 0.3) is 5.91 Å². The summed E-state index contributed by atoms with van der Waals surface area (Å²) in [5.74, 6) is 2.56. The van der Waals surface area contributed by atoms with E-state index < -0.39 is 0 Å². The molecule has 0 unspecified atom stereocenters. The van der Waals surface area contributed by atoms with Gasteiger partial charge in [-0.25, -0.2) is 0 Å². The molecule has 6 heteroatoms. The third kappa shape index (κ3) is 4.21. The van der Waals surface area contributed by atoms with Crippen LogP contribution in [-0.2, 0) is 6.42 Å². The molecular formula is C26H27NO5. The largest absolute Gasteiger partial charge is 0.493 e. The lowest BCUT2D eigenvalue weighted by Gasteiger charge is -2.37. The second-order valence-electron chi connectivity index (χ2n) is 7.50. The fraction of sp³-hybridized carbons (Fsp3) is 0.269. The molecule has 0 aliphatic carbocycles. The van der Waals surface area contributed by atoms with Gasteiger partial charge in [0, 0.05) is 12.1 Å². The number of carbonyl (C=O) groups excluding carboxylic acids is 1. The SMILES string of the molecule is COc1cc2c(cc1OC)[C@@H](COc1ccccc1OC)N(C(=O)c1ccccc1)CC2. The Morgan fingerprint density at radius 2 is 1.47 bits per heavy atom. The van der Waals surface area contributed by atoms with Crippen molar-refractivity contribution >= 4 is 5.91 Å². The molecule has 4 rings (SSSR count). The fourth-order valence-electron chi connectivity index (χ4n) is 4.10. The zero-order valence-corrected chi connectivity index (χ0v) is 18.5. The molecular weight excluding hydrogens is 406 g/mol. The van der Waals surface area contributed by atoms with Crippen LogP contribution in [0.5, 0.6) is 23.0 Å². The second-order valence-corrected chi connectivity index (χ2v) is 7.50. The minimum Gasteiger partial charge on any atom is -0.493 e. The third-order valence-electron chi connectivity index (χ3n) is 5.75. The molecule has 0 aromatic heterocycles. The molecule has 1 atom stereocenters. The van der Waals surface area contributed by atoms with E-state index in [2.05, 4.69) is 0 Å². The van der Waals surface area contributed by atoms with Crippen molar-refractivity contribution < 1.29 is 23.7 Å². The Hall–Kier alpha value is -3.67. The lowest BCUT2D eigenvalue weighted by molar-refractivity contribution is 0.0587. The van der Waals surface area contributed by atoms with Crippen LogP contribution in [-0.4, -0.2) is 45.3 Å². The highest BCUT2D eigenvalue weighted by molar-refractivity contribution is 5.94. The number of benzene rings is 3. The summed E-state index contributed by atoms with van der Waals surface area (Å²) in [6.45, 7) is 0.859. The van der Waals surface area contributed by atoms with Gasteiger partial charge in [0.05, 0.1) is 27.4 Å². The molecule has 1 amide bonds. The fourth-order valence-corrected chi connectivity index (χ4v) is 4.10. The van der Waals surface area contributed by atoms with E-state index >= 15 is 0 Å². The lowest BCUT2D eigenvalue weighted by atomic mass is 9.91. The van der Waals surface area contributed by atoms with Crippen molar-refractivity contribution in [1.82, 2.24) is 4.90 Å². The van der Waals surface area contributed by atoms with Crippen LogP contribution in [0.25, 0.3) is 0 Å². The summed E-state index contributed by atoms with van der Waals surface area (Å²) in [6.07, 6.45) is 0.722. The van der Waals surface area contributed by atoms with Crippen LogP contribution >= 0.6 is 0 Å². The maximum atomic E-state index is 13.4. The quantitative estimate of drug-likeness (QED) is 0.548. The molecule has 0 spiro atoms. The molecule has 0 N–H and O–H groups in total. The Morgan fingerprint density at radius 1 is 0.844 bits per heavy atom. The van der Waals surface area contributed by atoms with Crippen LogP contribution in [0.1, 0.15) is 27.5 Å². The van der Waals surface area contributed by atoms with Crippen LogP contribution in [0, 0.1) is 0 Å². The highest BCUT2D eigenvalue weighted by Gasteiger charge is 2.33. The normalized spacial score (nSPS) is 15.0. The molecule has 0 fully saturated rings. The Bertz CT molecular complexity index is 1080. The predicted molar refractivity (Wildman–Crippen MR) is 122 cm³/mol. The van der Waals surface area contributed by atoms with Crippen molar-refractivity contribution in [2.75, 3.05) is 34.5 Å². The van der Waals surface area contributed by atoms with Crippen molar-refractivity contribution in [2.45, 2.75) is 12.5 Å². The molecule has 1 aliphatic rings. The van der Waals surface area contributed by atoms with Gasteiger partial charge in [0.2, 0.25) is 0 Å². The number of nitrogens with zero attached hydrogens (tertiary/aromatic N) is 1. The van der Waals surface area contributed by atoms with Crippen molar-refractivity contribution in [3.05, 3.63) is 83.4 Å². The summed E-state index contributed by atoms with van der Waals surface area (Å²) in [7, 11) is 4.85. The van der Waals surface area contributed by atoms with Gasteiger partial charge >= 0.3 is 0 Å². The molecule has 3 aromatic rings. The summed E-state index contributed by atoms with van der Waals surface area (Å²) in [5.41, 5.74) is 2.76. The van der Waals surface area contributed by atoms with Crippen LogP contribution in [0.15, 0.2) is 66.7 Å². The van der Waals surface area contributed by atoms with Crippen LogP contribution in [0.3, 0.4) is 0 Å². The molecule has 6 nitrogen and oxygen atoms in total. The Balaban J connectivity index is 1.71. The van der Waals surface area contributed by atoms with E-state index in [1.165, 1.54) is 0 Å².